The summed E-state index contributed by atoms with van der Waals surface area (Å²) >= 11 is 0. The van der Waals surface area contributed by atoms with Crippen molar-refractivity contribution in [2.24, 2.45) is 5.73 Å². The monoisotopic (exact) mass is 286 g/mol. The maximum Gasteiger partial charge on any atom is 0.241 e. The molecule has 0 unspecified atom stereocenters. The third-order valence-electron chi connectivity index (χ3n) is 2.72. The minimum Gasteiger partial charge on any atom is -0.350 e. The van der Waals surface area contributed by atoms with Crippen molar-refractivity contribution in [3.63, 3.8) is 0 Å². The summed E-state index contributed by atoms with van der Waals surface area (Å²) in [6.45, 7) is 0.443. The average molecular weight is 286 g/mol. The molecule has 3 N–H and O–H groups in total. The second-order valence-corrected chi connectivity index (χ2v) is 4.29. The van der Waals surface area contributed by atoms with Crippen molar-refractivity contribution in [2.45, 2.75) is 13.1 Å². The average Bonchev–Trinajstić information content (AvgIpc) is 2.98. The highest BCUT2D eigenvalue weighted by Crippen LogP contribution is 2.09. The van der Waals surface area contributed by atoms with Gasteiger partial charge in [0.2, 0.25) is 5.91 Å². The standard InChI is InChI=1S/C15H15FN4O/c16-14-5-4-12(3-1-6-17)9-13(14)10-18-15(21)11-20-8-2-7-19-20/h2,4-5,7-9H,6,10-11,17H2,(H,18,21). The van der Waals surface area contributed by atoms with Gasteiger partial charge in [0.1, 0.15) is 12.4 Å². The number of rotatable bonds is 4. The molecule has 0 radical (unpaired) electrons. The van der Waals surface area contributed by atoms with Gasteiger partial charge in [-0.05, 0) is 24.3 Å². The molecule has 6 heteroatoms. The van der Waals surface area contributed by atoms with E-state index in [-0.39, 0.29) is 31.4 Å². The van der Waals surface area contributed by atoms with E-state index in [2.05, 4.69) is 22.3 Å². The number of nitrogens with one attached hydrogen (secondary N) is 1. The van der Waals surface area contributed by atoms with Crippen molar-refractivity contribution >= 4 is 5.91 Å². The smallest absolute Gasteiger partial charge is 0.241 e. The summed E-state index contributed by atoms with van der Waals surface area (Å²) in [7, 11) is 0. The molecule has 0 aliphatic carbocycles. The van der Waals surface area contributed by atoms with Crippen molar-refractivity contribution < 1.29 is 9.18 Å². The zero-order valence-electron chi connectivity index (χ0n) is 11.3. The van der Waals surface area contributed by atoms with E-state index in [1.54, 1.807) is 30.6 Å². The van der Waals surface area contributed by atoms with Crippen LogP contribution in [0.25, 0.3) is 0 Å². The summed E-state index contributed by atoms with van der Waals surface area (Å²) in [5.74, 6) is 4.91. The van der Waals surface area contributed by atoms with Crippen LogP contribution in [-0.4, -0.2) is 22.2 Å². The number of halogens is 1. The van der Waals surface area contributed by atoms with E-state index < -0.39 is 0 Å². The summed E-state index contributed by atoms with van der Waals surface area (Å²) in [4.78, 5) is 11.7. The molecule has 108 valence electrons. The molecule has 0 spiro atoms. The maximum absolute atomic E-state index is 13.7. The molecular formula is C15H15FN4O. The van der Waals surface area contributed by atoms with E-state index in [0.29, 0.717) is 11.1 Å². The minimum atomic E-state index is -0.382. The topological polar surface area (TPSA) is 72.9 Å². The van der Waals surface area contributed by atoms with Crippen LogP contribution in [0.15, 0.2) is 36.7 Å². The Morgan fingerprint density at radius 3 is 3.05 bits per heavy atom. The Morgan fingerprint density at radius 2 is 2.33 bits per heavy atom. The summed E-state index contributed by atoms with van der Waals surface area (Å²) in [5, 5.41) is 6.58. The molecule has 1 aromatic carbocycles. The highest BCUT2D eigenvalue weighted by molar-refractivity contribution is 5.75. The lowest BCUT2D eigenvalue weighted by molar-refractivity contribution is -0.122. The highest BCUT2D eigenvalue weighted by atomic mass is 19.1. The second kappa shape index (κ2) is 7.22. The molecule has 2 rings (SSSR count). The summed E-state index contributed by atoms with van der Waals surface area (Å²) < 4.78 is 15.2. The molecule has 0 aliphatic heterocycles. The highest BCUT2D eigenvalue weighted by Gasteiger charge is 2.06. The molecule has 5 nitrogen and oxygen atoms in total. The predicted molar refractivity (Wildman–Crippen MR) is 76.4 cm³/mol. The molecule has 0 saturated heterocycles. The van der Waals surface area contributed by atoms with Crippen LogP contribution in [0.2, 0.25) is 0 Å². The third-order valence-corrected chi connectivity index (χ3v) is 2.72. The van der Waals surface area contributed by atoms with Gasteiger partial charge in [-0.3, -0.25) is 9.48 Å². The van der Waals surface area contributed by atoms with Crippen LogP contribution >= 0.6 is 0 Å². The molecule has 0 aliphatic rings. The molecular weight excluding hydrogens is 271 g/mol. The van der Waals surface area contributed by atoms with Crippen LogP contribution in [-0.2, 0) is 17.9 Å². The van der Waals surface area contributed by atoms with Gasteiger partial charge >= 0.3 is 0 Å². The van der Waals surface area contributed by atoms with E-state index in [4.69, 9.17) is 5.73 Å². The first-order valence-corrected chi connectivity index (χ1v) is 6.40. The number of hydrogen-bond acceptors (Lipinski definition) is 3. The van der Waals surface area contributed by atoms with E-state index >= 15 is 0 Å². The van der Waals surface area contributed by atoms with Gasteiger partial charge < -0.3 is 11.1 Å². The quantitative estimate of drug-likeness (QED) is 0.811. The zero-order valence-corrected chi connectivity index (χ0v) is 11.3. The Balaban J connectivity index is 1.97. The molecule has 21 heavy (non-hydrogen) atoms. The molecule has 0 atom stereocenters. The molecule has 2 aromatic rings. The Hall–Kier alpha value is -2.65. The Bertz CT molecular complexity index is 671. The van der Waals surface area contributed by atoms with E-state index in [0.717, 1.165) is 0 Å². The number of carbonyl (C=O) groups is 1. The SMILES string of the molecule is NCC#Cc1ccc(F)c(CNC(=O)Cn2cccn2)c1. The van der Waals surface area contributed by atoms with Gasteiger partial charge in [0.15, 0.2) is 0 Å². The van der Waals surface area contributed by atoms with Crippen molar-refractivity contribution in [3.05, 3.63) is 53.6 Å². The fourth-order valence-corrected chi connectivity index (χ4v) is 1.73. The van der Waals surface area contributed by atoms with E-state index in [1.165, 1.54) is 10.7 Å². The molecule has 1 aromatic heterocycles. The minimum absolute atomic E-state index is 0.0985. The van der Waals surface area contributed by atoms with E-state index in [1.807, 2.05) is 0 Å². The Labute approximate surface area is 122 Å². The van der Waals surface area contributed by atoms with Crippen LogP contribution < -0.4 is 11.1 Å². The van der Waals surface area contributed by atoms with Crippen molar-refractivity contribution in [3.8, 4) is 11.8 Å². The number of amides is 1. The first kappa shape index (κ1) is 14.8. The van der Waals surface area contributed by atoms with Crippen molar-refractivity contribution in [1.82, 2.24) is 15.1 Å². The molecule has 1 amide bonds. The zero-order chi connectivity index (χ0) is 15.1. The lowest BCUT2D eigenvalue weighted by atomic mass is 10.1. The van der Waals surface area contributed by atoms with Gasteiger partial charge in [-0.15, -0.1) is 0 Å². The normalized spacial score (nSPS) is 9.81. The molecule has 0 saturated carbocycles. The number of nitrogens with zero attached hydrogens (tertiary/aromatic N) is 2. The van der Waals surface area contributed by atoms with Gasteiger partial charge in [0, 0.05) is 30.1 Å². The van der Waals surface area contributed by atoms with Crippen molar-refractivity contribution in [1.29, 1.82) is 0 Å². The fraction of sp³-hybridized carbons (Fsp3) is 0.200. The number of carbonyl (C=O) groups excluding carboxylic acids is 1. The second-order valence-electron chi connectivity index (χ2n) is 4.29. The van der Waals surface area contributed by atoms with Crippen LogP contribution in [0.1, 0.15) is 11.1 Å². The largest absolute Gasteiger partial charge is 0.350 e. The van der Waals surface area contributed by atoms with E-state index in [9.17, 15) is 9.18 Å². The number of hydrogen-bond donors (Lipinski definition) is 2. The summed E-state index contributed by atoms with van der Waals surface area (Å²) in [6.07, 6.45) is 3.27. The summed E-state index contributed by atoms with van der Waals surface area (Å²) in [6, 6.07) is 6.24. The van der Waals surface area contributed by atoms with Crippen molar-refractivity contribution in [2.75, 3.05) is 6.54 Å². The number of aromatic nitrogens is 2. The van der Waals surface area contributed by atoms with Crippen LogP contribution in [0.3, 0.4) is 0 Å². The lowest BCUT2D eigenvalue weighted by Gasteiger charge is -2.07. The fourth-order valence-electron chi connectivity index (χ4n) is 1.73. The molecule has 1 heterocycles. The molecule has 0 fully saturated rings. The van der Waals surface area contributed by atoms with Gasteiger partial charge in [0.05, 0.1) is 6.54 Å². The van der Waals surface area contributed by atoms with Gasteiger partial charge in [-0.25, -0.2) is 4.39 Å². The van der Waals surface area contributed by atoms with Gasteiger partial charge in [-0.1, -0.05) is 11.8 Å². The Morgan fingerprint density at radius 1 is 1.48 bits per heavy atom. The van der Waals surface area contributed by atoms with Crippen LogP contribution in [0, 0.1) is 17.7 Å². The maximum atomic E-state index is 13.7. The third kappa shape index (κ3) is 4.44. The first-order valence-electron chi connectivity index (χ1n) is 6.40. The molecule has 0 bridgehead atoms. The Kier molecular flexibility index (Phi) is 5.07. The van der Waals surface area contributed by atoms with Gasteiger partial charge in [0.25, 0.3) is 0 Å². The van der Waals surface area contributed by atoms with Gasteiger partial charge in [-0.2, -0.15) is 5.10 Å². The predicted octanol–water partition coefficient (Wildman–Crippen LogP) is 0.649. The number of nitrogens with two attached hydrogens (primary N) is 1. The summed E-state index contributed by atoms with van der Waals surface area (Å²) in [5.41, 5.74) is 6.34. The lowest BCUT2D eigenvalue weighted by Crippen LogP contribution is -2.27. The van der Waals surface area contributed by atoms with Crippen LogP contribution in [0.5, 0.6) is 0 Å². The van der Waals surface area contributed by atoms with Crippen LogP contribution in [0.4, 0.5) is 4.39 Å². The number of benzene rings is 1. The first-order chi connectivity index (χ1) is 10.2.